The van der Waals surface area contributed by atoms with Crippen LogP contribution in [0.3, 0.4) is 0 Å². The van der Waals surface area contributed by atoms with E-state index in [1.54, 1.807) is 11.9 Å². The molecule has 1 N–H and O–H groups in total. The minimum absolute atomic E-state index is 0.0701. The molecule has 1 aromatic rings. The highest BCUT2D eigenvalue weighted by atomic mass is 16.4. The third kappa shape index (κ3) is 5.15. The van der Waals surface area contributed by atoms with Crippen LogP contribution in [0.5, 0.6) is 0 Å². The van der Waals surface area contributed by atoms with Crippen LogP contribution < -0.4 is 0 Å². The fraction of sp³-hybridized carbons (Fsp3) is 0.385. The molecule has 1 rings (SSSR count). The first-order chi connectivity index (χ1) is 8.09. The van der Waals surface area contributed by atoms with Gasteiger partial charge in [-0.1, -0.05) is 30.3 Å². The lowest BCUT2D eigenvalue weighted by molar-refractivity contribution is -0.140. The highest BCUT2D eigenvalue weighted by molar-refractivity contribution is 5.80. The summed E-state index contributed by atoms with van der Waals surface area (Å²) in [6.07, 6.45) is 0.755. The third-order valence-corrected chi connectivity index (χ3v) is 2.56. The van der Waals surface area contributed by atoms with Crippen LogP contribution in [0.1, 0.15) is 18.4 Å². The van der Waals surface area contributed by atoms with E-state index in [0.717, 1.165) is 6.42 Å². The van der Waals surface area contributed by atoms with Crippen molar-refractivity contribution in [2.75, 3.05) is 13.6 Å². The van der Waals surface area contributed by atoms with Gasteiger partial charge in [0, 0.05) is 20.0 Å². The second-order valence-corrected chi connectivity index (χ2v) is 3.94. The van der Waals surface area contributed by atoms with Gasteiger partial charge >= 0.3 is 5.97 Å². The van der Waals surface area contributed by atoms with Gasteiger partial charge in [0.2, 0.25) is 5.91 Å². The molecule has 0 bridgehead atoms. The molecule has 4 heteroatoms. The molecule has 0 radical (unpaired) electrons. The van der Waals surface area contributed by atoms with Crippen molar-refractivity contribution in [3.05, 3.63) is 35.9 Å². The number of carbonyl (C=O) groups excluding carboxylic acids is 1. The largest absolute Gasteiger partial charge is 0.481 e. The van der Waals surface area contributed by atoms with Crippen LogP contribution in [0.2, 0.25) is 0 Å². The SMILES string of the molecule is CN(CCc1ccccc1)C(=O)CCC(=O)O. The maximum Gasteiger partial charge on any atom is 0.303 e. The van der Waals surface area contributed by atoms with Gasteiger partial charge in [0.1, 0.15) is 0 Å². The fourth-order valence-corrected chi connectivity index (χ4v) is 1.47. The number of rotatable bonds is 6. The zero-order valence-corrected chi connectivity index (χ0v) is 9.93. The summed E-state index contributed by atoms with van der Waals surface area (Å²) in [6.45, 7) is 0.614. The van der Waals surface area contributed by atoms with Crippen molar-refractivity contribution in [2.24, 2.45) is 0 Å². The molecule has 0 unspecified atom stereocenters. The predicted octanol–water partition coefficient (Wildman–Crippen LogP) is 1.55. The Morgan fingerprint density at radius 2 is 1.82 bits per heavy atom. The highest BCUT2D eigenvalue weighted by Gasteiger charge is 2.10. The Hall–Kier alpha value is -1.84. The summed E-state index contributed by atoms with van der Waals surface area (Å²) < 4.78 is 0. The molecule has 0 saturated carbocycles. The zero-order chi connectivity index (χ0) is 12.7. The first kappa shape index (κ1) is 13.2. The Labute approximate surface area is 101 Å². The van der Waals surface area contributed by atoms with E-state index in [1.165, 1.54) is 5.56 Å². The number of amides is 1. The Kier molecular flexibility index (Phi) is 5.20. The lowest BCUT2D eigenvalue weighted by Crippen LogP contribution is -2.29. The van der Waals surface area contributed by atoms with E-state index in [0.29, 0.717) is 6.54 Å². The maximum atomic E-state index is 11.5. The van der Waals surface area contributed by atoms with Gasteiger partial charge in [-0.05, 0) is 12.0 Å². The lowest BCUT2D eigenvalue weighted by Gasteiger charge is -2.16. The smallest absolute Gasteiger partial charge is 0.303 e. The van der Waals surface area contributed by atoms with Crippen LogP contribution in [0.4, 0.5) is 0 Å². The average molecular weight is 235 g/mol. The second-order valence-electron chi connectivity index (χ2n) is 3.94. The van der Waals surface area contributed by atoms with Gasteiger partial charge in [0.15, 0.2) is 0 Å². The van der Waals surface area contributed by atoms with E-state index in [4.69, 9.17) is 5.11 Å². The molecule has 0 aliphatic rings. The molecule has 0 spiro atoms. The molecule has 17 heavy (non-hydrogen) atoms. The zero-order valence-electron chi connectivity index (χ0n) is 9.93. The molecular formula is C13H17NO3. The van der Waals surface area contributed by atoms with E-state index in [-0.39, 0.29) is 18.7 Å². The van der Waals surface area contributed by atoms with E-state index in [2.05, 4.69) is 0 Å². The Bertz CT molecular complexity index is 376. The molecular weight excluding hydrogens is 218 g/mol. The topological polar surface area (TPSA) is 57.6 Å². The van der Waals surface area contributed by atoms with Crippen LogP contribution in [0.25, 0.3) is 0 Å². The summed E-state index contributed by atoms with van der Waals surface area (Å²) in [5, 5.41) is 8.48. The van der Waals surface area contributed by atoms with Crippen LogP contribution >= 0.6 is 0 Å². The molecule has 0 atom stereocenters. The van der Waals surface area contributed by atoms with E-state index < -0.39 is 5.97 Å². The van der Waals surface area contributed by atoms with Gasteiger partial charge in [-0.2, -0.15) is 0 Å². The molecule has 0 aliphatic carbocycles. The predicted molar refractivity (Wildman–Crippen MR) is 64.7 cm³/mol. The van der Waals surface area contributed by atoms with Crippen molar-refractivity contribution in [3.63, 3.8) is 0 Å². The van der Waals surface area contributed by atoms with Crippen LogP contribution in [0, 0.1) is 0 Å². The van der Waals surface area contributed by atoms with Crippen LogP contribution in [0.15, 0.2) is 30.3 Å². The molecule has 4 nitrogen and oxygen atoms in total. The minimum Gasteiger partial charge on any atom is -0.481 e. The minimum atomic E-state index is -0.935. The van der Waals surface area contributed by atoms with Crippen molar-refractivity contribution < 1.29 is 14.7 Å². The monoisotopic (exact) mass is 235 g/mol. The van der Waals surface area contributed by atoms with Crippen molar-refractivity contribution >= 4 is 11.9 Å². The molecule has 92 valence electrons. The number of likely N-dealkylation sites (N-methyl/N-ethyl adjacent to an activating group) is 1. The van der Waals surface area contributed by atoms with Crippen molar-refractivity contribution in [1.82, 2.24) is 4.90 Å². The summed E-state index contributed by atoms with van der Waals surface area (Å²) in [5.74, 6) is -1.06. The van der Waals surface area contributed by atoms with Gasteiger partial charge in [0.05, 0.1) is 6.42 Å². The number of hydrogen-bond acceptors (Lipinski definition) is 2. The normalized spacial score (nSPS) is 9.94. The summed E-state index contributed by atoms with van der Waals surface area (Å²) in [5.41, 5.74) is 1.17. The fourth-order valence-electron chi connectivity index (χ4n) is 1.47. The molecule has 0 fully saturated rings. The average Bonchev–Trinajstić information content (AvgIpc) is 2.34. The molecule has 1 amide bonds. The summed E-state index contributed by atoms with van der Waals surface area (Å²) >= 11 is 0. The van der Waals surface area contributed by atoms with Gasteiger partial charge in [-0.3, -0.25) is 9.59 Å². The highest BCUT2D eigenvalue weighted by Crippen LogP contribution is 2.02. The summed E-state index contributed by atoms with van der Waals surface area (Å²) in [4.78, 5) is 23.4. The maximum absolute atomic E-state index is 11.5. The Morgan fingerprint density at radius 1 is 1.18 bits per heavy atom. The summed E-state index contributed by atoms with van der Waals surface area (Å²) in [7, 11) is 1.70. The first-order valence-corrected chi connectivity index (χ1v) is 5.59. The van der Waals surface area contributed by atoms with Gasteiger partial charge in [-0.25, -0.2) is 0 Å². The van der Waals surface area contributed by atoms with Crippen molar-refractivity contribution in [1.29, 1.82) is 0 Å². The quantitative estimate of drug-likeness (QED) is 0.814. The number of carboxylic acid groups (broad SMARTS) is 1. The van der Waals surface area contributed by atoms with Crippen molar-refractivity contribution in [3.8, 4) is 0 Å². The first-order valence-electron chi connectivity index (χ1n) is 5.59. The Balaban J connectivity index is 2.31. The number of carboxylic acids is 1. The third-order valence-electron chi connectivity index (χ3n) is 2.56. The number of aliphatic carboxylic acids is 1. The molecule has 0 aliphatic heterocycles. The van der Waals surface area contributed by atoms with Gasteiger partial charge in [0.25, 0.3) is 0 Å². The van der Waals surface area contributed by atoms with Crippen molar-refractivity contribution in [2.45, 2.75) is 19.3 Å². The number of carbonyl (C=O) groups is 2. The number of nitrogens with zero attached hydrogens (tertiary/aromatic N) is 1. The molecule has 0 aromatic heterocycles. The van der Waals surface area contributed by atoms with Gasteiger partial charge < -0.3 is 10.0 Å². The number of benzene rings is 1. The summed E-state index contributed by atoms with van der Waals surface area (Å²) in [6, 6.07) is 9.89. The molecule has 1 aromatic carbocycles. The lowest BCUT2D eigenvalue weighted by atomic mass is 10.1. The van der Waals surface area contributed by atoms with Crippen LogP contribution in [-0.4, -0.2) is 35.5 Å². The van der Waals surface area contributed by atoms with E-state index in [1.807, 2.05) is 30.3 Å². The van der Waals surface area contributed by atoms with Crippen LogP contribution in [-0.2, 0) is 16.0 Å². The van der Waals surface area contributed by atoms with Gasteiger partial charge in [-0.15, -0.1) is 0 Å². The standard InChI is InChI=1S/C13H17NO3/c1-14(12(15)7-8-13(16)17)10-9-11-5-3-2-4-6-11/h2-6H,7-10H2,1H3,(H,16,17). The molecule has 0 heterocycles. The van der Waals surface area contributed by atoms with E-state index in [9.17, 15) is 9.59 Å². The van der Waals surface area contributed by atoms with E-state index >= 15 is 0 Å². The molecule has 0 saturated heterocycles. The second kappa shape index (κ2) is 6.68. The number of hydrogen-bond donors (Lipinski definition) is 1. The Morgan fingerprint density at radius 3 is 2.41 bits per heavy atom.